The lowest BCUT2D eigenvalue weighted by molar-refractivity contribution is 0.00705. The summed E-state index contributed by atoms with van der Waals surface area (Å²) in [7, 11) is 0. The van der Waals surface area contributed by atoms with Crippen LogP contribution in [0.25, 0.3) is 11.0 Å². The number of nitrogens with zero attached hydrogens (tertiary/aromatic N) is 3. The predicted octanol–water partition coefficient (Wildman–Crippen LogP) is 1.53. The first kappa shape index (κ1) is 18.7. The van der Waals surface area contributed by atoms with Gasteiger partial charge in [0.1, 0.15) is 17.8 Å². The van der Waals surface area contributed by atoms with Gasteiger partial charge in [0.2, 0.25) is 0 Å². The minimum absolute atomic E-state index is 0.0199. The second-order valence-corrected chi connectivity index (χ2v) is 8.10. The molecule has 4 heterocycles. The first-order valence-electron chi connectivity index (χ1n) is 10.3. The molecule has 0 amide bonds. The van der Waals surface area contributed by atoms with Gasteiger partial charge in [-0.3, -0.25) is 0 Å². The minimum atomic E-state index is -0.398. The Bertz CT molecular complexity index is 722. The number of hydrogen-bond donors (Lipinski definition) is 4. The quantitative estimate of drug-likeness (QED) is 0.613. The lowest BCUT2D eigenvalue weighted by atomic mass is 9.78. The summed E-state index contributed by atoms with van der Waals surface area (Å²) in [5.41, 5.74) is 0.880. The van der Waals surface area contributed by atoms with Gasteiger partial charge in [-0.25, -0.2) is 9.97 Å². The molecule has 0 bridgehead atoms. The first-order chi connectivity index (χ1) is 13.3. The number of H-pyrrole nitrogens is 1. The molecule has 148 valence electrons. The number of nitrogens with one attached hydrogen (secondary N) is 2. The number of aromatic amines is 1. The Morgan fingerprint density at radius 3 is 2.67 bits per heavy atom. The standard InChI is InChI=1S/C20H31N5O2/c26-12-17(15-1-6-21-7-2-15)18(27)11-14-4-9-25(10-5-14)20-16-3-8-22-19(16)23-13-24-20/h3,8,13-15,17-18,21,26-27H,1-2,4-7,9-12H2,(H,22,23,24). The van der Waals surface area contributed by atoms with Crippen LogP contribution in [0.15, 0.2) is 18.6 Å². The van der Waals surface area contributed by atoms with Crippen molar-refractivity contribution >= 4 is 16.9 Å². The van der Waals surface area contributed by atoms with Crippen LogP contribution in [0.5, 0.6) is 0 Å². The van der Waals surface area contributed by atoms with Crippen molar-refractivity contribution in [1.82, 2.24) is 20.3 Å². The fraction of sp³-hybridized carbons (Fsp3) is 0.700. The van der Waals surface area contributed by atoms with E-state index in [1.807, 2.05) is 12.3 Å². The van der Waals surface area contributed by atoms with E-state index in [4.69, 9.17) is 0 Å². The molecule has 2 saturated heterocycles. The number of aromatic nitrogens is 3. The fourth-order valence-electron chi connectivity index (χ4n) is 4.86. The Morgan fingerprint density at radius 1 is 1.15 bits per heavy atom. The van der Waals surface area contributed by atoms with Gasteiger partial charge in [0.25, 0.3) is 0 Å². The summed E-state index contributed by atoms with van der Waals surface area (Å²) in [6.45, 7) is 3.99. The topological polar surface area (TPSA) is 97.3 Å². The Hall–Kier alpha value is -1.70. The highest BCUT2D eigenvalue weighted by molar-refractivity contribution is 5.87. The van der Waals surface area contributed by atoms with Gasteiger partial charge in [-0.2, -0.15) is 0 Å². The van der Waals surface area contributed by atoms with Crippen molar-refractivity contribution in [2.45, 2.75) is 38.2 Å². The number of anilines is 1. The summed E-state index contributed by atoms with van der Waals surface area (Å²) >= 11 is 0. The van der Waals surface area contributed by atoms with E-state index in [9.17, 15) is 10.2 Å². The van der Waals surface area contributed by atoms with Crippen LogP contribution in [-0.2, 0) is 0 Å². The number of aliphatic hydroxyl groups is 2. The van der Waals surface area contributed by atoms with Gasteiger partial charge < -0.3 is 25.4 Å². The molecule has 27 heavy (non-hydrogen) atoms. The van der Waals surface area contributed by atoms with E-state index in [0.29, 0.717) is 11.8 Å². The number of rotatable bonds is 6. The van der Waals surface area contributed by atoms with Gasteiger partial charge >= 0.3 is 0 Å². The summed E-state index contributed by atoms with van der Waals surface area (Å²) in [5, 5.41) is 25.1. The van der Waals surface area contributed by atoms with E-state index in [1.54, 1.807) is 6.33 Å². The molecule has 2 unspecified atom stereocenters. The molecule has 7 nitrogen and oxygen atoms in total. The van der Waals surface area contributed by atoms with Crippen LogP contribution in [0.3, 0.4) is 0 Å². The van der Waals surface area contributed by atoms with Crippen LogP contribution in [0.1, 0.15) is 32.1 Å². The summed E-state index contributed by atoms with van der Waals surface area (Å²) in [6, 6.07) is 2.03. The van der Waals surface area contributed by atoms with Crippen molar-refractivity contribution in [1.29, 1.82) is 0 Å². The summed E-state index contributed by atoms with van der Waals surface area (Å²) < 4.78 is 0. The highest BCUT2D eigenvalue weighted by Gasteiger charge is 2.32. The SMILES string of the molecule is OCC(C(O)CC1CCN(c2ncnc3[nH]ccc23)CC1)C1CCNCC1. The minimum Gasteiger partial charge on any atom is -0.396 e. The molecule has 2 aliphatic heterocycles. The number of piperidine rings is 2. The average molecular weight is 374 g/mol. The molecule has 0 aromatic carbocycles. The van der Waals surface area contributed by atoms with Crippen LogP contribution in [0.4, 0.5) is 5.82 Å². The van der Waals surface area contributed by atoms with Crippen molar-refractivity contribution in [2.75, 3.05) is 37.7 Å². The summed E-state index contributed by atoms with van der Waals surface area (Å²) in [6.07, 6.45) is 8.14. The van der Waals surface area contributed by atoms with Gasteiger partial charge in [0, 0.05) is 31.8 Å². The highest BCUT2D eigenvalue weighted by atomic mass is 16.3. The van der Waals surface area contributed by atoms with Gasteiger partial charge in [-0.1, -0.05) is 0 Å². The third kappa shape index (κ3) is 4.10. The van der Waals surface area contributed by atoms with E-state index in [2.05, 4.69) is 25.2 Å². The van der Waals surface area contributed by atoms with E-state index in [1.165, 1.54) is 0 Å². The van der Waals surface area contributed by atoms with Crippen molar-refractivity contribution in [3.05, 3.63) is 18.6 Å². The van der Waals surface area contributed by atoms with Crippen molar-refractivity contribution in [2.24, 2.45) is 17.8 Å². The molecule has 2 aromatic rings. The van der Waals surface area contributed by atoms with Gasteiger partial charge in [0.05, 0.1) is 11.5 Å². The second kappa shape index (κ2) is 8.54. The van der Waals surface area contributed by atoms with Crippen molar-refractivity contribution < 1.29 is 10.2 Å². The maximum Gasteiger partial charge on any atom is 0.142 e. The molecular formula is C20H31N5O2. The Kier molecular flexibility index (Phi) is 5.90. The predicted molar refractivity (Wildman–Crippen MR) is 106 cm³/mol. The van der Waals surface area contributed by atoms with Crippen molar-refractivity contribution in [3.8, 4) is 0 Å². The van der Waals surface area contributed by atoms with Crippen LogP contribution >= 0.6 is 0 Å². The zero-order valence-corrected chi connectivity index (χ0v) is 15.8. The molecule has 2 aromatic heterocycles. The Labute approximate surface area is 160 Å². The number of hydrogen-bond acceptors (Lipinski definition) is 6. The molecule has 0 aliphatic carbocycles. The number of fused-ring (bicyclic) bond motifs is 1. The molecule has 0 spiro atoms. The zero-order valence-electron chi connectivity index (χ0n) is 15.8. The van der Waals surface area contributed by atoms with E-state index in [-0.39, 0.29) is 12.5 Å². The number of aliphatic hydroxyl groups excluding tert-OH is 2. The maximum atomic E-state index is 10.8. The van der Waals surface area contributed by atoms with Gasteiger partial charge in [-0.05, 0) is 63.1 Å². The third-order valence-electron chi connectivity index (χ3n) is 6.52. The molecule has 0 saturated carbocycles. The Morgan fingerprint density at radius 2 is 1.93 bits per heavy atom. The molecule has 2 aliphatic rings. The monoisotopic (exact) mass is 373 g/mol. The first-order valence-corrected chi connectivity index (χ1v) is 10.3. The molecular weight excluding hydrogens is 342 g/mol. The van der Waals surface area contributed by atoms with Gasteiger partial charge in [-0.15, -0.1) is 0 Å². The normalized spacial score (nSPS) is 22.2. The van der Waals surface area contributed by atoms with Gasteiger partial charge in [0.15, 0.2) is 0 Å². The zero-order chi connectivity index (χ0) is 18.6. The second-order valence-electron chi connectivity index (χ2n) is 8.10. The smallest absolute Gasteiger partial charge is 0.142 e. The van der Waals surface area contributed by atoms with Crippen LogP contribution < -0.4 is 10.2 Å². The summed E-state index contributed by atoms with van der Waals surface area (Å²) in [4.78, 5) is 14.2. The Balaban J connectivity index is 1.33. The van der Waals surface area contributed by atoms with E-state index >= 15 is 0 Å². The molecule has 4 N–H and O–H groups in total. The fourth-order valence-corrected chi connectivity index (χ4v) is 4.86. The maximum absolute atomic E-state index is 10.8. The highest BCUT2D eigenvalue weighted by Crippen LogP contribution is 2.32. The van der Waals surface area contributed by atoms with E-state index in [0.717, 1.165) is 75.1 Å². The van der Waals surface area contributed by atoms with Crippen LogP contribution in [0.2, 0.25) is 0 Å². The van der Waals surface area contributed by atoms with Crippen LogP contribution in [-0.4, -0.2) is 64.1 Å². The van der Waals surface area contributed by atoms with E-state index < -0.39 is 6.10 Å². The largest absolute Gasteiger partial charge is 0.396 e. The summed E-state index contributed by atoms with van der Waals surface area (Å²) in [5.74, 6) is 1.97. The molecule has 2 fully saturated rings. The molecule has 4 rings (SSSR count). The lowest BCUT2D eigenvalue weighted by Gasteiger charge is -2.37. The lowest BCUT2D eigenvalue weighted by Crippen LogP contribution is -2.40. The third-order valence-corrected chi connectivity index (χ3v) is 6.52. The van der Waals surface area contributed by atoms with Crippen molar-refractivity contribution in [3.63, 3.8) is 0 Å². The average Bonchev–Trinajstić information content (AvgIpc) is 3.19. The molecule has 2 atom stereocenters. The molecule has 0 radical (unpaired) electrons. The molecule has 7 heteroatoms. The van der Waals surface area contributed by atoms with Crippen LogP contribution in [0, 0.1) is 17.8 Å².